The fourth-order valence-electron chi connectivity index (χ4n) is 4.31. The van der Waals surface area contributed by atoms with Crippen LogP contribution in [0.3, 0.4) is 0 Å². The molecular weight excluding hydrogens is 294 g/mol. The third-order valence-electron chi connectivity index (χ3n) is 5.65. The van der Waals surface area contributed by atoms with E-state index in [0.29, 0.717) is 37.5 Å². The molecule has 23 heavy (non-hydrogen) atoms. The Balaban J connectivity index is 1.44. The molecule has 2 heterocycles. The lowest BCUT2D eigenvalue weighted by molar-refractivity contribution is -0.143. The van der Waals surface area contributed by atoms with Crippen LogP contribution in [0, 0.1) is 24.7 Å². The number of aryl methyl sites for hydroxylation is 1. The highest BCUT2D eigenvalue weighted by atomic mass is 16.5. The quantitative estimate of drug-likeness (QED) is 0.856. The predicted octanol–water partition coefficient (Wildman–Crippen LogP) is 2.49. The van der Waals surface area contributed by atoms with Crippen molar-refractivity contribution >= 4 is 5.91 Å². The van der Waals surface area contributed by atoms with Crippen molar-refractivity contribution in [2.75, 3.05) is 19.8 Å². The average molecular weight is 319 g/mol. The zero-order valence-corrected chi connectivity index (χ0v) is 13.7. The fraction of sp³-hybridized carbons (Fsp3) is 0.824. The van der Waals surface area contributed by atoms with E-state index in [4.69, 9.17) is 9.15 Å². The van der Waals surface area contributed by atoms with Gasteiger partial charge in [0.25, 0.3) is 0 Å². The molecule has 0 bridgehead atoms. The summed E-state index contributed by atoms with van der Waals surface area (Å²) in [4.78, 5) is 14.9. The molecule has 0 spiro atoms. The summed E-state index contributed by atoms with van der Waals surface area (Å²) in [5.74, 6) is 2.89. The van der Waals surface area contributed by atoms with E-state index in [1.165, 1.54) is 32.1 Å². The van der Waals surface area contributed by atoms with Gasteiger partial charge in [0, 0.05) is 19.4 Å². The molecule has 126 valence electrons. The summed E-state index contributed by atoms with van der Waals surface area (Å²) in [6.45, 7) is 3.44. The average Bonchev–Trinajstić information content (AvgIpc) is 3.29. The van der Waals surface area contributed by atoms with E-state index in [1.54, 1.807) is 6.92 Å². The molecule has 1 aliphatic heterocycles. The SMILES string of the molecule is Cc1nnc([C@@H]2COCCN2C(=O)[C@@H]2C[C@@H]2C2CCCCC2)o1. The minimum atomic E-state index is -0.218. The van der Waals surface area contributed by atoms with E-state index in [9.17, 15) is 4.79 Å². The van der Waals surface area contributed by atoms with Crippen molar-refractivity contribution in [1.82, 2.24) is 15.1 Å². The molecule has 0 N–H and O–H groups in total. The molecule has 2 saturated carbocycles. The molecular formula is C17H25N3O3. The second kappa shape index (κ2) is 6.23. The van der Waals surface area contributed by atoms with Gasteiger partial charge in [-0.3, -0.25) is 4.79 Å². The topological polar surface area (TPSA) is 68.5 Å². The van der Waals surface area contributed by atoms with Crippen LogP contribution in [-0.2, 0) is 9.53 Å². The van der Waals surface area contributed by atoms with Gasteiger partial charge in [0.15, 0.2) is 0 Å². The van der Waals surface area contributed by atoms with Gasteiger partial charge in [-0.1, -0.05) is 32.1 Å². The van der Waals surface area contributed by atoms with Crippen LogP contribution in [0.1, 0.15) is 56.3 Å². The van der Waals surface area contributed by atoms with Crippen molar-refractivity contribution in [3.8, 4) is 0 Å². The van der Waals surface area contributed by atoms with Gasteiger partial charge >= 0.3 is 0 Å². The number of hydrogen-bond acceptors (Lipinski definition) is 5. The Morgan fingerprint density at radius 3 is 2.78 bits per heavy atom. The van der Waals surface area contributed by atoms with E-state index in [-0.39, 0.29) is 17.9 Å². The molecule has 4 rings (SSSR count). The van der Waals surface area contributed by atoms with E-state index in [1.807, 2.05) is 4.90 Å². The Bertz CT molecular complexity index is 567. The Morgan fingerprint density at radius 2 is 2.04 bits per heavy atom. The van der Waals surface area contributed by atoms with Crippen LogP contribution in [0.25, 0.3) is 0 Å². The first-order valence-electron chi connectivity index (χ1n) is 8.92. The van der Waals surface area contributed by atoms with Gasteiger partial charge < -0.3 is 14.1 Å². The molecule has 1 aromatic heterocycles. The number of hydrogen-bond donors (Lipinski definition) is 0. The zero-order chi connectivity index (χ0) is 15.8. The lowest BCUT2D eigenvalue weighted by Crippen LogP contribution is -2.44. The number of morpholine rings is 1. The van der Waals surface area contributed by atoms with Crippen LogP contribution in [-0.4, -0.2) is 40.8 Å². The summed E-state index contributed by atoms with van der Waals surface area (Å²) in [5, 5.41) is 7.99. The van der Waals surface area contributed by atoms with Crippen LogP contribution >= 0.6 is 0 Å². The van der Waals surface area contributed by atoms with Crippen molar-refractivity contribution in [3.63, 3.8) is 0 Å². The predicted molar refractivity (Wildman–Crippen MR) is 82.5 cm³/mol. The van der Waals surface area contributed by atoms with Crippen LogP contribution in [0.2, 0.25) is 0 Å². The maximum atomic E-state index is 13.0. The van der Waals surface area contributed by atoms with Crippen LogP contribution in [0.4, 0.5) is 0 Å². The smallest absolute Gasteiger partial charge is 0.241 e. The van der Waals surface area contributed by atoms with Gasteiger partial charge in [0.05, 0.1) is 13.2 Å². The van der Waals surface area contributed by atoms with Crippen molar-refractivity contribution in [3.05, 3.63) is 11.8 Å². The van der Waals surface area contributed by atoms with Gasteiger partial charge in [0.2, 0.25) is 17.7 Å². The molecule has 6 heteroatoms. The summed E-state index contributed by atoms with van der Waals surface area (Å²) >= 11 is 0. The third kappa shape index (κ3) is 3.01. The number of rotatable bonds is 3. The molecule has 3 fully saturated rings. The minimum absolute atomic E-state index is 0.211. The Kier molecular flexibility index (Phi) is 4.09. The van der Waals surface area contributed by atoms with Crippen molar-refractivity contribution in [1.29, 1.82) is 0 Å². The van der Waals surface area contributed by atoms with Gasteiger partial charge in [-0.2, -0.15) is 0 Å². The van der Waals surface area contributed by atoms with Crippen LogP contribution in [0.5, 0.6) is 0 Å². The Labute approximate surface area is 136 Å². The Hall–Kier alpha value is -1.43. The number of carbonyl (C=O) groups is 1. The molecule has 0 radical (unpaired) electrons. The fourth-order valence-corrected chi connectivity index (χ4v) is 4.31. The molecule has 1 amide bonds. The number of carbonyl (C=O) groups excluding carboxylic acids is 1. The van der Waals surface area contributed by atoms with Gasteiger partial charge in [-0.25, -0.2) is 0 Å². The third-order valence-corrected chi connectivity index (χ3v) is 5.65. The largest absolute Gasteiger partial charge is 0.423 e. The van der Waals surface area contributed by atoms with Gasteiger partial charge in [-0.15, -0.1) is 10.2 Å². The van der Waals surface area contributed by atoms with Crippen molar-refractivity contribution in [2.24, 2.45) is 17.8 Å². The second-order valence-electron chi connectivity index (χ2n) is 7.19. The molecule has 0 aromatic carbocycles. The lowest BCUT2D eigenvalue weighted by Gasteiger charge is -2.34. The van der Waals surface area contributed by atoms with Crippen molar-refractivity contribution < 1.29 is 13.9 Å². The first-order chi connectivity index (χ1) is 11.2. The highest BCUT2D eigenvalue weighted by molar-refractivity contribution is 5.82. The number of nitrogens with zero attached hydrogens (tertiary/aromatic N) is 3. The maximum Gasteiger partial charge on any atom is 0.241 e. The van der Waals surface area contributed by atoms with E-state index >= 15 is 0 Å². The number of ether oxygens (including phenoxy) is 1. The maximum absolute atomic E-state index is 13.0. The summed E-state index contributed by atoms with van der Waals surface area (Å²) in [5.41, 5.74) is 0. The number of aromatic nitrogens is 2. The molecule has 0 unspecified atom stereocenters. The lowest BCUT2D eigenvalue weighted by atomic mass is 9.85. The van der Waals surface area contributed by atoms with Crippen LogP contribution < -0.4 is 0 Å². The van der Waals surface area contributed by atoms with E-state index < -0.39 is 0 Å². The minimum Gasteiger partial charge on any atom is -0.423 e. The molecule has 2 aliphatic carbocycles. The van der Waals surface area contributed by atoms with Gasteiger partial charge in [-0.05, 0) is 18.3 Å². The van der Waals surface area contributed by atoms with Gasteiger partial charge in [0.1, 0.15) is 6.04 Å². The zero-order valence-electron chi connectivity index (χ0n) is 13.7. The first kappa shape index (κ1) is 15.1. The molecule has 1 aromatic rings. The molecule has 6 nitrogen and oxygen atoms in total. The first-order valence-corrected chi connectivity index (χ1v) is 8.92. The van der Waals surface area contributed by atoms with Crippen LogP contribution in [0.15, 0.2) is 4.42 Å². The standard InChI is InChI=1S/C17H25N3O3/c1-11-18-19-16(23-11)15-10-22-8-7-20(15)17(21)14-9-13(14)12-5-3-2-4-6-12/h12-15H,2-10H2,1H3/t13-,14-,15+/m1/s1. The highest BCUT2D eigenvalue weighted by Gasteiger charge is 2.50. The summed E-state index contributed by atoms with van der Waals surface area (Å²) < 4.78 is 11.1. The Morgan fingerprint density at radius 1 is 1.22 bits per heavy atom. The monoisotopic (exact) mass is 319 g/mol. The van der Waals surface area contributed by atoms with E-state index in [0.717, 1.165) is 12.3 Å². The number of amides is 1. The molecule has 3 atom stereocenters. The normalized spacial score (nSPS) is 32.0. The summed E-state index contributed by atoms with van der Waals surface area (Å²) in [6.07, 6.45) is 7.72. The highest BCUT2D eigenvalue weighted by Crippen LogP contribution is 2.50. The molecule has 1 saturated heterocycles. The van der Waals surface area contributed by atoms with E-state index in [2.05, 4.69) is 10.2 Å². The summed E-state index contributed by atoms with van der Waals surface area (Å²) in [6, 6.07) is -0.218. The second-order valence-corrected chi connectivity index (χ2v) is 7.19. The molecule has 3 aliphatic rings. The summed E-state index contributed by atoms with van der Waals surface area (Å²) in [7, 11) is 0. The van der Waals surface area contributed by atoms with Crippen molar-refractivity contribution in [2.45, 2.75) is 51.5 Å².